The molecule has 0 bridgehead atoms. The molecule has 0 unspecified atom stereocenters. The summed E-state index contributed by atoms with van der Waals surface area (Å²) in [6, 6.07) is 14.9. The summed E-state index contributed by atoms with van der Waals surface area (Å²) in [4.78, 5) is 12.2. The predicted octanol–water partition coefficient (Wildman–Crippen LogP) is 4.09. The highest BCUT2D eigenvalue weighted by Crippen LogP contribution is 2.15. The normalized spacial score (nSPS) is 10.5. The highest BCUT2D eigenvalue weighted by molar-refractivity contribution is 6.30. The van der Waals surface area contributed by atoms with E-state index in [0.717, 1.165) is 16.9 Å². The van der Waals surface area contributed by atoms with E-state index >= 15 is 0 Å². The molecular weight excluding hydrogens is 298 g/mol. The van der Waals surface area contributed by atoms with Gasteiger partial charge in [0.2, 0.25) is 0 Å². The third-order valence-electron chi connectivity index (χ3n) is 3.21. The molecule has 0 fully saturated rings. The van der Waals surface area contributed by atoms with Crippen molar-refractivity contribution in [1.29, 1.82) is 0 Å². The number of rotatable bonds is 3. The second kappa shape index (κ2) is 6.03. The van der Waals surface area contributed by atoms with Gasteiger partial charge in [-0.1, -0.05) is 23.7 Å². The van der Waals surface area contributed by atoms with E-state index < -0.39 is 0 Å². The number of nitrogens with one attached hydrogen (secondary N) is 1. The smallest absolute Gasteiger partial charge is 0.258 e. The van der Waals surface area contributed by atoms with Crippen LogP contribution in [0.4, 0.5) is 5.69 Å². The van der Waals surface area contributed by atoms with Gasteiger partial charge in [0, 0.05) is 16.9 Å². The van der Waals surface area contributed by atoms with Gasteiger partial charge in [-0.05, 0) is 48.9 Å². The summed E-state index contributed by atoms with van der Waals surface area (Å²) in [6.07, 6.45) is 3.23. The molecule has 0 aliphatic carbocycles. The van der Waals surface area contributed by atoms with Crippen LogP contribution in [0.2, 0.25) is 5.02 Å². The minimum atomic E-state index is -0.189. The van der Waals surface area contributed by atoms with Crippen LogP contribution in [-0.2, 0) is 0 Å². The maximum Gasteiger partial charge on any atom is 0.258 e. The molecule has 1 N–H and O–H groups in total. The van der Waals surface area contributed by atoms with Crippen molar-refractivity contribution in [2.75, 3.05) is 5.32 Å². The lowest BCUT2D eigenvalue weighted by atomic mass is 10.2. The van der Waals surface area contributed by atoms with Crippen molar-refractivity contribution >= 4 is 23.2 Å². The fourth-order valence-corrected chi connectivity index (χ4v) is 2.23. The molecule has 0 radical (unpaired) electrons. The Kier molecular flexibility index (Phi) is 3.94. The van der Waals surface area contributed by atoms with Crippen molar-refractivity contribution in [3.63, 3.8) is 0 Å². The van der Waals surface area contributed by atoms with E-state index in [4.69, 9.17) is 11.6 Å². The molecule has 3 rings (SSSR count). The number of hydrogen-bond acceptors (Lipinski definition) is 2. The van der Waals surface area contributed by atoms with E-state index in [2.05, 4.69) is 10.4 Å². The molecule has 0 aliphatic heterocycles. The Morgan fingerprint density at radius 2 is 1.95 bits per heavy atom. The summed E-state index contributed by atoms with van der Waals surface area (Å²) in [5.41, 5.74) is 3.20. The number of carbonyl (C=O) groups excluding carboxylic acids is 1. The largest absolute Gasteiger partial charge is 0.322 e. The highest BCUT2D eigenvalue weighted by Gasteiger charge is 2.10. The minimum absolute atomic E-state index is 0.189. The molecule has 3 aromatic rings. The Morgan fingerprint density at radius 1 is 1.18 bits per heavy atom. The zero-order valence-corrected chi connectivity index (χ0v) is 12.7. The van der Waals surface area contributed by atoms with Crippen molar-refractivity contribution in [3.05, 3.63) is 77.1 Å². The number of aromatic nitrogens is 2. The van der Waals surface area contributed by atoms with Crippen LogP contribution in [-0.4, -0.2) is 15.7 Å². The molecule has 1 aromatic heterocycles. The van der Waals surface area contributed by atoms with Crippen LogP contribution in [0.15, 0.2) is 60.9 Å². The van der Waals surface area contributed by atoms with Gasteiger partial charge < -0.3 is 5.32 Å². The fourth-order valence-electron chi connectivity index (χ4n) is 2.10. The van der Waals surface area contributed by atoms with E-state index in [-0.39, 0.29) is 5.91 Å². The molecule has 0 aliphatic rings. The van der Waals surface area contributed by atoms with Crippen LogP contribution in [0.25, 0.3) is 5.69 Å². The van der Waals surface area contributed by atoms with Crippen LogP contribution >= 0.6 is 11.6 Å². The highest BCUT2D eigenvalue weighted by atomic mass is 35.5. The Bertz CT molecular complexity index is 809. The van der Waals surface area contributed by atoms with E-state index in [1.54, 1.807) is 29.2 Å². The monoisotopic (exact) mass is 311 g/mol. The number of aryl methyl sites for hydroxylation is 1. The Hall–Kier alpha value is -2.59. The number of hydrogen-bond donors (Lipinski definition) is 1. The zero-order chi connectivity index (χ0) is 15.5. The van der Waals surface area contributed by atoms with Gasteiger partial charge in [-0.3, -0.25) is 4.79 Å². The lowest BCUT2D eigenvalue weighted by molar-refractivity contribution is 0.102. The van der Waals surface area contributed by atoms with Crippen molar-refractivity contribution in [1.82, 2.24) is 9.78 Å². The topological polar surface area (TPSA) is 46.9 Å². The number of anilines is 1. The van der Waals surface area contributed by atoms with Crippen LogP contribution < -0.4 is 5.32 Å². The first kappa shape index (κ1) is 14.4. The van der Waals surface area contributed by atoms with Gasteiger partial charge in [-0.15, -0.1) is 0 Å². The number of nitrogens with zero attached hydrogens (tertiary/aromatic N) is 2. The molecule has 5 heteroatoms. The van der Waals surface area contributed by atoms with E-state index in [9.17, 15) is 4.79 Å². The zero-order valence-electron chi connectivity index (χ0n) is 12.0. The van der Waals surface area contributed by atoms with Gasteiger partial charge in [0.15, 0.2) is 0 Å². The second-order valence-electron chi connectivity index (χ2n) is 4.97. The first-order valence-electron chi connectivity index (χ1n) is 6.80. The van der Waals surface area contributed by atoms with Crippen molar-refractivity contribution in [2.24, 2.45) is 0 Å². The Morgan fingerprint density at radius 3 is 2.68 bits per heavy atom. The maximum atomic E-state index is 12.2. The van der Waals surface area contributed by atoms with Gasteiger partial charge >= 0.3 is 0 Å². The SMILES string of the molecule is Cc1cccc(NC(=O)c2cnn(-c3ccc(Cl)cc3)c2)c1. The number of benzene rings is 2. The summed E-state index contributed by atoms with van der Waals surface area (Å²) < 4.78 is 1.64. The molecule has 0 spiro atoms. The average molecular weight is 312 g/mol. The first-order chi connectivity index (χ1) is 10.6. The standard InChI is InChI=1S/C17H14ClN3O/c1-12-3-2-4-15(9-12)20-17(22)13-10-19-21(11-13)16-7-5-14(18)6-8-16/h2-11H,1H3,(H,20,22). The van der Waals surface area contributed by atoms with Crippen molar-refractivity contribution in [3.8, 4) is 5.69 Å². The summed E-state index contributed by atoms with van der Waals surface area (Å²) in [5.74, 6) is -0.189. The van der Waals surface area contributed by atoms with Crippen LogP contribution in [0.1, 0.15) is 15.9 Å². The lowest BCUT2D eigenvalue weighted by Gasteiger charge is -2.04. The lowest BCUT2D eigenvalue weighted by Crippen LogP contribution is -2.11. The average Bonchev–Trinajstić information content (AvgIpc) is 2.98. The summed E-state index contributed by atoms with van der Waals surface area (Å²) in [7, 11) is 0. The van der Waals surface area contributed by atoms with Crippen LogP contribution in [0.5, 0.6) is 0 Å². The molecule has 1 amide bonds. The first-order valence-corrected chi connectivity index (χ1v) is 7.18. The quantitative estimate of drug-likeness (QED) is 0.792. The molecule has 0 saturated carbocycles. The molecule has 4 nitrogen and oxygen atoms in total. The predicted molar refractivity (Wildman–Crippen MR) is 87.7 cm³/mol. The second-order valence-corrected chi connectivity index (χ2v) is 5.41. The van der Waals surface area contributed by atoms with Gasteiger partial charge in [0.25, 0.3) is 5.91 Å². The molecule has 1 heterocycles. The summed E-state index contributed by atoms with van der Waals surface area (Å²) in [5, 5.41) is 7.73. The van der Waals surface area contributed by atoms with Gasteiger partial charge in [-0.2, -0.15) is 5.10 Å². The van der Waals surface area contributed by atoms with Crippen LogP contribution in [0, 0.1) is 6.92 Å². The summed E-state index contributed by atoms with van der Waals surface area (Å²) in [6.45, 7) is 1.98. The van der Waals surface area contributed by atoms with Crippen molar-refractivity contribution < 1.29 is 4.79 Å². The molecule has 110 valence electrons. The number of halogens is 1. The van der Waals surface area contributed by atoms with Crippen molar-refractivity contribution in [2.45, 2.75) is 6.92 Å². The molecule has 0 atom stereocenters. The molecule has 2 aromatic carbocycles. The Labute approximate surface area is 133 Å². The minimum Gasteiger partial charge on any atom is -0.322 e. The number of carbonyl (C=O) groups is 1. The third-order valence-corrected chi connectivity index (χ3v) is 3.46. The fraction of sp³-hybridized carbons (Fsp3) is 0.0588. The third kappa shape index (κ3) is 3.18. The van der Waals surface area contributed by atoms with Crippen LogP contribution in [0.3, 0.4) is 0 Å². The Balaban J connectivity index is 1.78. The van der Waals surface area contributed by atoms with Gasteiger partial charge in [-0.25, -0.2) is 4.68 Å². The van der Waals surface area contributed by atoms with E-state index in [1.165, 1.54) is 0 Å². The number of amides is 1. The molecule has 22 heavy (non-hydrogen) atoms. The summed E-state index contributed by atoms with van der Waals surface area (Å²) >= 11 is 5.86. The molecular formula is C17H14ClN3O. The maximum absolute atomic E-state index is 12.2. The van der Waals surface area contributed by atoms with E-state index in [0.29, 0.717) is 10.6 Å². The molecule has 0 saturated heterocycles. The van der Waals surface area contributed by atoms with Gasteiger partial charge in [0.1, 0.15) is 0 Å². The van der Waals surface area contributed by atoms with Gasteiger partial charge in [0.05, 0.1) is 17.4 Å². The van der Waals surface area contributed by atoms with E-state index in [1.807, 2.05) is 43.3 Å².